The number of hydrazone groups is 1. The molecule has 11 heteroatoms. The summed E-state index contributed by atoms with van der Waals surface area (Å²) in [5, 5.41) is 10.4. The molecule has 1 aliphatic rings. The third-order valence-corrected chi connectivity index (χ3v) is 4.69. The first-order chi connectivity index (χ1) is 14.3. The molecule has 0 N–H and O–H groups in total. The van der Waals surface area contributed by atoms with E-state index in [0.29, 0.717) is 23.8 Å². The molecule has 3 heterocycles. The standard InChI is InChI=1S/C19H15BrF3N5O2/c1-12-8-16(25-27(12)10-13-2-7-17(20)24-9-13)18-26-28(11-29-18)14-3-5-15(6-4-14)30-19(21,22)23/h2-9H,10-11H2,1H3. The van der Waals surface area contributed by atoms with Crippen LogP contribution in [0.25, 0.3) is 0 Å². The SMILES string of the molecule is Cc1cc(C2=NN(c3ccc(OC(F)(F)F)cc3)CO2)nn1Cc1ccc(Br)nc1. The maximum Gasteiger partial charge on any atom is 0.573 e. The smallest absolute Gasteiger partial charge is 0.452 e. The lowest BCUT2D eigenvalue weighted by Crippen LogP contribution is -2.17. The highest BCUT2D eigenvalue weighted by atomic mass is 79.9. The molecule has 0 spiro atoms. The molecule has 30 heavy (non-hydrogen) atoms. The Hall–Kier alpha value is -3.08. The van der Waals surface area contributed by atoms with Crippen LogP contribution in [0.15, 0.2) is 58.4 Å². The van der Waals surface area contributed by atoms with Gasteiger partial charge < -0.3 is 9.47 Å². The van der Waals surface area contributed by atoms with Gasteiger partial charge in [-0.2, -0.15) is 5.10 Å². The third kappa shape index (κ3) is 4.73. The van der Waals surface area contributed by atoms with Crippen LogP contribution in [0, 0.1) is 6.92 Å². The Kier molecular flexibility index (Phi) is 5.37. The molecular weight excluding hydrogens is 467 g/mol. The predicted molar refractivity (Wildman–Crippen MR) is 106 cm³/mol. The van der Waals surface area contributed by atoms with Crippen LogP contribution in [0.2, 0.25) is 0 Å². The van der Waals surface area contributed by atoms with E-state index in [0.717, 1.165) is 15.9 Å². The number of ether oxygens (including phenoxy) is 2. The van der Waals surface area contributed by atoms with Crippen molar-refractivity contribution in [1.82, 2.24) is 14.8 Å². The van der Waals surface area contributed by atoms with Crippen LogP contribution in [0.4, 0.5) is 18.9 Å². The first-order valence-electron chi connectivity index (χ1n) is 8.77. The zero-order valence-electron chi connectivity index (χ0n) is 15.6. The van der Waals surface area contributed by atoms with Gasteiger partial charge in [-0.25, -0.2) is 9.99 Å². The number of halogens is 4. The summed E-state index contributed by atoms with van der Waals surface area (Å²) < 4.78 is 48.9. The molecule has 0 fully saturated rings. The topological polar surface area (TPSA) is 64.8 Å². The summed E-state index contributed by atoms with van der Waals surface area (Å²) in [5.41, 5.74) is 3.05. The minimum Gasteiger partial charge on any atom is -0.452 e. The highest BCUT2D eigenvalue weighted by Crippen LogP contribution is 2.27. The van der Waals surface area contributed by atoms with E-state index in [4.69, 9.17) is 4.74 Å². The molecule has 0 saturated carbocycles. The number of hydrogen-bond acceptors (Lipinski definition) is 6. The second-order valence-corrected chi connectivity index (χ2v) is 7.25. The molecule has 0 atom stereocenters. The van der Waals surface area contributed by atoms with E-state index in [9.17, 15) is 13.2 Å². The molecule has 156 valence electrons. The fraction of sp³-hybridized carbons (Fsp3) is 0.211. The van der Waals surface area contributed by atoms with E-state index in [-0.39, 0.29) is 12.5 Å². The molecule has 0 amide bonds. The molecule has 0 bridgehead atoms. The van der Waals surface area contributed by atoms with Crippen LogP contribution in [0.1, 0.15) is 17.0 Å². The number of pyridine rings is 1. The second-order valence-electron chi connectivity index (χ2n) is 6.44. The van der Waals surface area contributed by atoms with E-state index in [1.807, 2.05) is 29.8 Å². The van der Waals surface area contributed by atoms with E-state index >= 15 is 0 Å². The largest absolute Gasteiger partial charge is 0.573 e. The molecule has 3 aromatic rings. The summed E-state index contributed by atoms with van der Waals surface area (Å²) in [6.07, 6.45) is -2.96. The van der Waals surface area contributed by atoms with Crippen LogP contribution in [0.3, 0.4) is 0 Å². The predicted octanol–water partition coefficient (Wildman–Crippen LogP) is 4.45. The van der Waals surface area contributed by atoms with Gasteiger partial charge in [0.15, 0.2) is 6.73 Å². The molecule has 0 unspecified atom stereocenters. The van der Waals surface area contributed by atoms with Crippen LogP contribution in [-0.2, 0) is 11.3 Å². The fourth-order valence-electron chi connectivity index (χ4n) is 2.81. The molecule has 1 aliphatic heterocycles. The zero-order chi connectivity index (χ0) is 21.3. The number of benzene rings is 1. The van der Waals surface area contributed by atoms with Crippen molar-refractivity contribution in [3.8, 4) is 5.75 Å². The van der Waals surface area contributed by atoms with Crippen molar-refractivity contribution in [3.63, 3.8) is 0 Å². The highest BCUT2D eigenvalue weighted by Gasteiger charge is 2.31. The summed E-state index contributed by atoms with van der Waals surface area (Å²) in [7, 11) is 0. The minimum absolute atomic E-state index is 0.122. The van der Waals surface area contributed by atoms with E-state index in [1.165, 1.54) is 29.3 Å². The van der Waals surface area contributed by atoms with Gasteiger partial charge in [0.25, 0.3) is 5.90 Å². The average Bonchev–Trinajstić information content (AvgIpc) is 3.30. The molecule has 0 radical (unpaired) electrons. The Labute approximate surface area is 177 Å². The van der Waals surface area contributed by atoms with Crippen molar-refractivity contribution in [3.05, 3.63) is 70.2 Å². The molecule has 0 saturated heterocycles. The van der Waals surface area contributed by atoms with Gasteiger partial charge in [0, 0.05) is 11.9 Å². The van der Waals surface area contributed by atoms with Gasteiger partial charge in [0.05, 0.1) is 12.2 Å². The first-order valence-corrected chi connectivity index (χ1v) is 9.56. The molecule has 4 rings (SSSR count). The molecule has 2 aromatic heterocycles. The van der Waals surface area contributed by atoms with Crippen LogP contribution in [-0.4, -0.2) is 33.8 Å². The van der Waals surface area contributed by atoms with E-state index < -0.39 is 6.36 Å². The van der Waals surface area contributed by atoms with Gasteiger partial charge in [-0.05, 0) is 64.8 Å². The number of rotatable bonds is 5. The van der Waals surface area contributed by atoms with Gasteiger partial charge in [-0.15, -0.1) is 18.3 Å². The Morgan fingerprint density at radius 2 is 1.93 bits per heavy atom. The normalized spacial score (nSPS) is 13.9. The van der Waals surface area contributed by atoms with Crippen molar-refractivity contribution in [2.45, 2.75) is 19.8 Å². The summed E-state index contributed by atoms with van der Waals surface area (Å²) in [6, 6.07) is 11.1. The quantitative estimate of drug-likeness (QED) is 0.503. The Bertz CT molecular complexity index is 1070. The number of aryl methyl sites for hydroxylation is 1. The number of alkyl halides is 3. The Balaban J connectivity index is 1.48. The van der Waals surface area contributed by atoms with Crippen LogP contribution in [0.5, 0.6) is 5.75 Å². The molecule has 7 nitrogen and oxygen atoms in total. The maximum atomic E-state index is 12.3. The first kappa shape index (κ1) is 20.2. The van der Waals surface area contributed by atoms with Crippen molar-refractivity contribution < 1.29 is 22.6 Å². The Morgan fingerprint density at radius 3 is 2.60 bits per heavy atom. The highest BCUT2D eigenvalue weighted by molar-refractivity contribution is 9.10. The van der Waals surface area contributed by atoms with Crippen molar-refractivity contribution >= 4 is 27.5 Å². The molecule has 0 aliphatic carbocycles. The van der Waals surface area contributed by atoms with Crippen molar-refractivity contribution in [2.75, 3.05) is 11.7 Å². The molecule has 1 aromatic carbocycles. The second kappa shape index (κ2) is 7.98. The van der Waals surface area contributed by atoms with Gasteiger partial charge >= 0.3 is 6.36 Å². The lowest BCUT2D eigenvalue weighted by molar-refractivity contribution is -0.274. The minimum atomic E-state index is -4.73. The van der Waals surface area contributed by atoms with Crippen LogP contribution >= 0.6 is 15.9 Å². The van der Waals surface area contributed by atoms with Crippen molar-refractivity contribution in [2.24, 2.45) is 5.10 Å². The number of nitrogens with zero attached hydrogens (tertiary/aromatic N) is 5. The monoisotopic (exact) mass is 481 g/mol. The summed E-state index contributed by atoms with van der Waals surface area (Å²) in [4.78, 5) is 4.21. The zero-order valence-corrected chi connectivity index (χ0v) is 17.2. The van der Waals surface area contributed by atoms with E-state index in [2.05, 4.69) is 35.9 Å². The fourth-order valence-corrected chi connectivity index (χ4v) is 3.05. The van der Waals surface area contributed by atoms with Crippen molar-refractivity contribution in [1.29, 1.82) is 0 Å². The average molecular weight is 482 g/mol. The maximum absolute atomic E-state index is 12.3. The van der Waals surface area contributed by atoms with Gasteiger partial charge in [-0.1, -0.05) is 6.07 Å². The number of anilines is 1. The number of aromatic nitrogens is 3. The lowest BCUT2D eigenvalue weighted by atomic mass is 10.3. The van der Waals surface area contributed by atoms with E-state index in [1.54, 1.807) is 6.20 Å². The lowest BCUT2D eigenvalue weighted by Gasteiger charge is -2.13. The van der Waals surface area contributed by atoms with Gasteiger partial charge in [0.2, 0.25) is 0 Å². The Morgan fingerprint density at radius 1 is 1.17 bits per heavy atom. The third-order valence-electron chi connectivity index (χ3n) is 4.22. The van der Waals surface area contributed by atoms with Gasteiger partial charge in [-0.3, -0.25) is 4.68 Å². The van der Waals surface area contributed by atoms with Crippen LogP contribution < -0.4 is 9.75 Å². The molecular formula is C19H15BrF3N5O2. The van der Waals surface area contributed by atoms with Gasteiger partial charge in [0.1, 0.15) is 16.0 Å². The number of hydrogen-bond donors (Lipinski definition) is 0. The summed E-state index contributed by atoms with van der Waals surface area (Å²) in [5.74, 6) is 0.0359. The summed E-state index contributed by atoms with van der Waals surface area (Å²) in [6.45, 7) is 2.59. The summed E-state index contributed by atoms with van der Waals surface area (Å²) >= 11 is 3.31.